The number of fused-ring (bicyclic) bond motifs is 4. The van der Waals surface area contributed by atoms with E-state index in [2.05, 4.69) is 0 Å². The number of carbonyl (C=O) groups is 3. The Morgan fingerprint density at radius 1 is 0.892 bits per heavy atom. The summed E-state index contributed by atoms with van der Waals surface area (Å²) in [4.78, 5) is 42.9. The third-order valence-corrected chi connectivity index (χ3v) is 8.35. The number of Topliss-reactive ketones (excluding diaryl/α,β-unsaturated/α-hetero) is 1. The Kier molecular flexibility index (Phi) is 4.79. The Labute approximate surface area is 220 Å². The number of carbonyl (C=O) groups excluding carboxylic acids is 3. The highest BCUT2D eigenvalue weighted by atomic mass is 35.5. The fraction of sp³-hybridized carbons (Fsp3) is 0.222. The minimum absolute atomic E-state index is 0.0290. The van der Waals surface area contributed by atoms with Crippen LogP contribution in [0, 0.1) is 11.8 Å². The number of rotatable bonds is 2. The van der Waals surface area contributed by atoms with Crippen LogP contribution in [0.5, 0.6) is 11.5 Å². The van der Waals surface area contributed by atoms with Crippen molar-refractivity contribution in [2.75, 3.05) is 11.7 Å². The molecule has 186 valence electrons. The molecule has 0 saturated carbocycles. The van der Waals surface area contributed by atoms with Crippen molar-refractivity contribution in [2.45, 2.75) is 17.8 Å². The predicted octanol–water partition coefficient (Wildman–Crippen LogP) is 4.27. The molecule has 10 heteroatoms. The molecule has 37 heavy (non-hydrogen) atoms. The van der Waals surface area contributed by atoms with Gasteiger partial charge in [0.15, 0.2) is 22.9 Å². The zero-order valence-electron chi connectivity index (χ0n) is 18.9. The molecule has 2 fully saturated rings. The predicted molar refractivity (Wildman–Crippen MR) is 131 cm³/mol. The summed E-state index contributed by atoms with van der Waals surface area (Å²) in [6.45, 7) is 0.0290. The SMILES string of the molecule is O=C1C2C(c3ccc(Cl)c(Cl)c3)OC3(C(=O)c4ccccc4C3O)C2C(=O)N1c1ccc2c(c1)OCO2. The van der Waals surface area contributed by atoms with Crippen molar-refractivity contribution in [1.29, 1.82) is 0 Å². The lowest BCUT2D eigenvalue weighted by Crippen LogP contribution is -2.49. The number of hydrogen-bond donors (Lipinski definition) is 1. The molecule has 5 unspecified atom stereocenters. The topological polar surface area (TPSA) is 102 Å². The number of hydrogen-bond acceptors (Lipinski definition) is 7. The highest BCUT2D eigenvalue weighted by Crippen LogP contribution is 2.61. The molecule has 3 heterocycles. The number of benzene rings is 3. The first-order valence-electron chi connectivity index (χ1n) is 11.5. The molecule has 0 aromatic heterocycles. The molecular formula is C27H17Cl2NO7. The van der Waals surface area contributed by atoms with Crippen LogP contribution in [-0.2, 0) is 14.3 Å². The highest BCUT2D eigenvalue weighted by molar-refractivity contribution is 6.42. The molecule has 1 spiro atoms. The zero-order chi connectivity index (χ0) is 25.6. The maximum atomic E-state index is 14.0. The van der Waals surface area contributed by atoms with Crippen LogP contribution in [0.3, 0.4) is 0 Å². The number of aliphatic hydroxyl groups excluding tert-OH is 1. The first-order chi connectivity index (χ1) is 17.8. The summed E-state index contributed by atoms with van der Waals surface area (Å²) in [6.07, 6.45) is -2.49. The lowest BCUT2D eigenvalue weighted by Gasteiger charge is -2.31. The number of imide groups is 1. The Balaban J connectivity index is 1.40. The van der Waals surface area contributed by atoms with Crippen LogP contribution in [0.25, 0.3) is 0 Å². The molecule has 0 bridgehead atoms. The van der Waals surface area contributed by atoms with Gasteiger partial charge in [0.1, 0.15) is 6.10 Å². The van der Waals surface area contributed by atoms with Gasteiger partial charge >= 0.3 is 0 Å². The number of aliphatic hydroxyl groups is 1. The van der Waals surface area contributed by atoms with Gasteiger partial charge in [0.2, 0.25) is 18.6 Å². The second-order valence-corrected chi connectivity index (χ2v) is 10.2. The van der Waals surface area contributed by atoms with E-state index in [9.17, 15) is 19.5 Å². The van der Waals surface area contributed by atoms with Gasteiger partial charge in [-0.3, -0.25) is 14.4 Å². The van der Waals surface area contributed by atoms with E-state index in [1.807, 2.05) is 0 Å². The first-order valence-corrected chi connectivity index (χ1v) is 12.3. The second-order valence-electron chi connectivity index (χ2n) is 9.38. The van der Waals surface area contributed by atoms with Crippen LogP contribution in [0.4, 0.5) is 5.69 Å². The lowest BCUT2D eigenvalue weighted by molar-refractivity contribution is -0.137. The van der Waals surface area contributed by atoms with Crippen LogP contribution in [0.15, 0.2) is 60.7 Å². The van der Waals surface area contributed by atoms with Crippen molar-refractivity contribution >= 4 is 46.5 Å². The average molecular weight is 538 g/mol. The molecule has 2 amide bonds. The van der Waals surface area contributed by atoms with Gasteiger partial charge in [0, 0.05) is 11.6 Å². The summed E-state index contributed by atoms with van der Waals surface area (Å²) >= 11 is 12.4. The minimum atomic E-state index is -1.98. The number of ketones is 1. The molecule has 3 aromatic rings. The van der Waals surface area contributed by atoms with E-state index in [-0.39, 0.29) is 23.1 Å². The van der Waals surface area contributed by atoms with Crippen LogP contribution >= 0.6 is 23.2 Å². The van der Waals surface area contributed by atoms with Crippen molar-refractivity contribution in [1.82, 2.24) is 0 Å². The minimum Gasteiger partial charge on any atom is -0.454 e. The molecule has 3 aromatic carbocycles. The van der Waals surface area contributed by atoms with Gasteiger partial charge in [-0.1, -0.05) is 53.5 Å². The van der Waals surface area contributed by atoms with Crippen LogP contribution < -0.4 is 14.4 Å². The quantitative estimate of drug-likeness (QED) is 0.487. The van der Waals surface area contributed by atoms with Crippen LogP contribution in [-0.4, -0.2) is 35.1 Å². The Morgan fingerprint density at radius 2 is 1.68 bits per heavy atom. The highest BCUT2D eigenvalue weighted by Gasteiger charge is 2.74. The van der Waals surface area contributed by atoms with E-state index in [4.69, 9.17) is 37.4 Å². The van der Waals surface area contributed by atoms with Gasteiger partial charge in [-0.25, -0.2) is 4.90 Å². The van der Waals surface area contributed by atoms with Crippen molar-refractivity contribution < 1.29 is 33.7 Å². The van der Waals surface area contributed by atoms with Gasteiger partial charge in [-0.05, 0) is 35.4 Å². The molecule has 7 rings (SSSR count). The first kappa shape index (κ1) is 22.7. The van der Waals surface area contributed by atoms with E-state index in [0.717, 1.165) is 4.90 Å². The molecule has 8 nitrogen and oxygen atoms in total. The Hall–Kier alpha value is -3.43. The molecular weight excluding hydrogens is 521 g/mol. The molecule has 4 aliphatic rings. The Bertz CT molecular complexity index is 1540. The summed E-state index contributed by atoms with van der Waals surface area (Å²) in [5.74, 6) is -3.22. The van der Waals surface area contributed by atoms with Gasteiger partial charge in [0.05, 0.1) is 33.7 Å². The van der Waals surface area contributed by atoms with Crippen molar-refractivity contribution in [3.63, 3.8) is 0 Å². The fourth-order valence-corrected chi connectivity index (χ4v) is 6.29. The molecule has 0 radical (unpaired) electrons. The average Bonchev–Trinajstić information content (AvgIpc) is 3.62. The van der Waals surface area contributed by atoms with Gasteiger partial charge in [-0.2, -0.15) is 0 Å². The monoisotopic (exact) mass is 537 g/mol. The third-order valence-electron chi connectivity index (χ3n) is 7.61. The molecule has 2 saturated heterocycles. The molecule has 3 aliphatic heterocycles. The normalized spacial score (nSPS) is 29.4. The summed E-state index contributed by atoms with van der Waals surface area (Å²) in [5.41, 5.74) is -0.642. The van der Waals surface area contributed by atoms with Crippen LogP contribution in [0.1, 0.15) is 33.7 Å². The smallest absolute Gasteiger partial charge is 0.241 e. The second kappa shape index (κ2) is 7.79. The summed E-state index contributed by atoms with van der Waals surface area (Å²) in [5, 5.41) is 12.0. The maximum Gasteiger partial charge on any atom is 0.241 e. The standard InChI is InChI=1S/C27H17Cl2NO7/c28-16-7-5-12(9-17(16)29)22-20-21(27(37-22)23(31)14-3-1-2-4-15(14)24(27)32)26(34)30(25(20)33)13-6-8-18-19(10-13)36-11-35-18/h1-10,20-23,31H,11H2. The Morgan fingerprint density at radius 3 is 2.46 bits per heavy atom. The largest absolute Gasteiger partial charge is 0.454 e. The fourth-order valence-electron chi connectivity index (χ4n) is 5.98. The lowest BCUT2D eigenvalue weighted by atomic mass is 9.76. The molecule has 1 aliphatic carbocycles. The number of amides is 2. The van der Waals surface area contributed by atoms with E-state index < -0.39 is 47.2 Å². The van der Waals surface area contributed by atoms with Crippen molar-refractivity contribution in [3.05, 3.63) is 87.4 Å². The number of anilines is 1. The van der Waals surface area contributed by atoms with Crippen molar-refractivity contribution in [2.24, 2.45) is 11.8 Å². The van der Waals surface area contributed by atoms with Crippen molar-refractivity contribution in [3.8, 4) is 11.5 Å². The van der Waals surface area contributed by atoms with Gasteiger partial charge < -0.3 is 19.3 Å². The van der Waals surface area contributed by atoms with E-state index in [1.54, 1.807) is 60.7 Å². The number of nitrogens with zero attached hydrogens (tertiary/aromatic N) is 1. The third kappa shape index (κ3) is 2.89. The number of ether oxygens (including phenoxy) is 3. The molecule has 1 N–H and O–H groups in total. The van der Waals surface area contributed by atoms with Gasteiger partial charge in [-0.15, -0.1) is 0 Å². The zero-order valence-corrected chi connectivity index (χ0v) is 20.4. The summed E-state index contributed by atoms with van der Waals surface area (Å²) < 4.78 is 17.1. The van der Waals surface area contributed by atoms with Crippen LogP contribution in [0.2, 0.25) is 10.0 Å². The number of halogens is 2. The molecule has 5 atom stereocenters. The summed E-state index contributed by atoms with van der Waals surface area (Å²) in [6, 6.07) is 16.0. The maximum absolute atomic E-state index is 14.0. The van der Waals surface area contributed by atoms with E-state index >= 15 is 0 Å². The van der Waals surface area contributed by atoms with Gasteiger partial charge in [0.25, 0.3) is 0 Å². The summed E-state index contributed by atoms with van der Waals surface area (Å²) in [7, 11) is 0. The van der Waals surface area contributed by atoms with E-state index in [1.165, 1.54) is 0 Å². The van der Waals surface area contributed by atoms with E-state index in [0.29, 0.717) is 27.6 Å².